The average molecular weight is 531 g/mol. The van der Waals surface area contributed by atoms with Gasteiger partial charge in [0.05, 0.1) is 21.8 Å². The number of halogens is 2. The van der Waals surface area contributed by atoms with E-state index in [4.69, 9.17) is 34.7 Å². The molecule has 0 spiro atoms. The van der Waals surface area contributed by atoms with Gasteiger partial charge in [-0.05, 0) is 37.3 Å². The van der Waals surface area contributed by atoms with Gasteiger partial charge < -0.3 is 11.5 Å². The van der Waals surface area contributed by atoms with Crippen LogP contribution in [0.1, 0.15) is 44.7 Å². The normalized spacial score (nSPS) is 16.6. The van der Waals surface area contributed by atoms with Crippen LogP contribution < -0.4 is 16.2 Å². The molecule has 0 radical (unpaired) electrons. The fourth-order valence-corrected chi connectivity index (χ4v) is 5.90. The molecule has 188 valence electrons. The number of hydrogen-bond donors (Lipinski definition) is 3. The predicted molar refractivity (Wildman–Crippen MR) is 138 cm³/mol. The van der Waals surface area contributed by atoms with Crippen LogP contribution in [0.3, 0.4) is 0 Å². The highest BCUT2D eigenvalue weighted by Gasteiger charge is 2.30. The van der Waals surface area contributed by atoms with Crippen molar-refractivity contribution in [1.29, 1.82) is 0 Å². The Morgan fingerprint density at radius 1 is 1.26 bits per heavy atom. The van der Waals surface area contributed by atoms with Crippen molar-refractivity contribution in [3.8, 4) is 11.3 Å². The average Bonchev–Trinajstić information content (AvgIpc) is 3.16. The molecule has 1 aromatic carbocycles. The molecule has 2 heterocycles. The summed E-state index contributed by atoms with van der Waals surface area (Å²) in [6.45, 7) is 5.13. The van der Waals surface area contributed by atoms with E-state index in [1.165, 1.54) is 4.31 Å². The molecule has 1 fully saturated rings. The Morgan fingerprint density at radius 3 is 2.56 bits per heavy atom. The van der Waals surface area contributed by atoms with Gasteiger partial charge in [-0.3, -0.25) is 4.68 Å². The number of aryl methyl sites for hydroxylation is 1. The minimum atomic E-state index is -3.58. The van der Waals surface area contributed by atoms with Gasteiger partial charge >= 0.3 is 0 Å². The third-order valence-corrected chi connectivity index (χ3v) is 8.60. The quantitative estimate of drug-likeness (QED) is 0.339. The first-order valence-electron chi connectivity index (χ1n) is 11.3. The zero-order valence-corrected chi connectivity index (χ0v) is 22.0. The van der Waals surface area contributed by atoms with Gasteiger partial charge in [0.15, 0.2) is 5.96 Å². The first-order chi connectivity index (χ1) is 16.0. The maximum Gasteiger partial charge on any atom is 0.279 e. The molecule has 1 atom stereocenters. The summed E-state index contributed by atoms with van der Waals surface area (Å²) >= 11 is 12.5. The fourth-order valence-electron chi connectivity index (χ4n) is 4.25. The van der Waals surface area contributed by atoms with E-state index >= 15 is 0 Å². The number of piperidine rings is 1. The van der Waals surface area contributed by atoms with E-state index in [0.717, 1.165) is 17.0 Å². The maximum atomic E-state index is 12.8. The summed E-state index contributed by atoms with van der Waals surface area (Å²) in [6, 6.07) is 7.35. The van der Waals surface area contributed by atoms with Crippen molar-refractivity contribution < 1.29 is 8.42 Å². The van der Waals surface area contributed by atoms with Crippen LogP contribution >= 0.6 is 23.2 Å². The zero-order chi connectivity index (χ0) is 25.0. The van der Waals surface area contributed by atoms with Gasteiger partial charge in [-0.15, -0.1) is 0 Å². The topological polar surface area (TPSA) is 132 Å². The van der Waals surface area contributed by atoms with Crippen LogP contribution in [0.25, 0.3) is 11.3 Å². The van der Waals surface area contributed by atoms with Crippen molar-refractivity contribution >= 4 is 39.4 Å². The van der Waals surface area contributed by atoms with Crippen LogP contribution in [0, 0.1) is 5.92 Å². The lowest BCUT2D eigenvalue weighted by Gasteiger charge is -2.31. The second kappa shape index (κ2) is 11.3. The molecular formula is C22H33Cl2N7O2S. The van der Waals surface area contributed by atoms with Crippen molar-refractivity contribution in [1.82, 2.24) is 18.8 Å². The number of guanidine groups is 1. The molecule has 0 bridgehead atoms. The van der Waals surface area contributed by atoms with Crippen molar-refractivity contribution in [2.24, 2.45) is 29.4 Å². The van der Waals surface area contributed by atoms with Crippen molar-refractivity contribution in [2.75, 3.05) is 19.6 Å². The molecule has 9 nitrogen and oxygen atoms in total. The van der Waals surface area contributed by atoms with Crippen LogP contribution in [0.15, 0.2) is 29.3 Å². The Morgan fingerprint density at radius 2 is 1.94 bits per heavy atom. The lowest BCUT2D eigenvalue weighted by Crippen LogP contribution is -2.45. The molecule has 2 aromatic rings. The number of aromatic nitrogens is 2. The van der Waals surface area contributed by atoms with Crippen LogP contribution in [0.4, 0.5) is 0 Å². The van der Waals surface area contributed by atoms with Crippen LogP contribution in [0.5, 0.6) is 0 Å². The molecule has 1 aliphatic rings. The summed E-state index contributed by atoms with van der Waals surface area (Å²) in [4.78, 5) is 4.19. The van der Waals surface area contributed by atoms with Gasteiger partial charge in [-0.1, -0.05) is 49.2 Å². The van der Waals surface area contributed by atoms with Crippen LogP contribution in [0.2, 0.25) is 10.0 Å². The highest BCUT2D eigenvalue weighted by Crippen LogP contribution is 2.36. The smallest absolute Gasteiger partial charge is 0.279 e. The number of aliphatic imine (C=N–C) groups is 1. The Kier molecular flexibility index (Phi) is 8.86. The number of nitrogens with zero attached hydrogens (tertiary/aromatic N) is 4. The van der Waals surface area contributed by atoms with Gasteiger partial charge in [-0.2, -0.15) is 17.8 Å². The van der Waals surface area contributed by atoms with Crippen LogP contribution in [-0.4, -0.2) is 54.1 Å². The molecule has 1 aromatic heterocycles. The summed E-state index contributed by atoms with van der Waals surface area (Å²) in [6.07, 6.45) is 1.92. The van der Waals surface area contributed by atoms with E-state index in [-0.39, 0.29) is 30.4 Å². The van der Waals surface area contributed by atoms with Crippen LogP contribution in [-0.2, 0) is 17.3 Å². The zero-order valence-electron chi connectivity index (χ0n) is 19.7. The fraction of sp³-hybridized carbons (Fsp3) is 0.545. The van der Waals surface area contributed by atoms with Gasteiger partial charge in [0, 0.05) is 43.9 Å². The lowest BCUT2D eigenvalue weighted by atomic mass is 9.94. The molecule has 5 N–H and O–H groups in total. The molecule has 0 amide bonds. The SMILES string of the molecule is CC(C)[C@@H](CCNS(=O)(=O)N1CCC(c2cc(-c3cccc(Cl)c3Cl)nn2C)CC1)N=C(N)N. The number of nitrogens with two attached hydrogens (primary N) is 2. The minimum absolute atomic E-state index is 0.0135. The van der Waals surface area contributed by atoms with Gasteiger partial charge in [0.25, 0.3) is 10.2 Å². The Bertz CT molecular complexity index is 1120. The summed E-state index contributed by atoms with van der Waals surface area (Å²) in [5.74, 6) is 0.412. The van der Waals surface area contributed by atoms with E-state index in [1.54, 1.807) is 6.07 Å². The van der Waals surface area contributed by atoms with E-state index in [0.29, 0.717) is 42.4 Å². The van der Waals surface area contributed by atoms with Crippen molar-refractivity contribution in [3.63, 3.8) is 0 Å². The summed E-state index contributed by atoms with van der Waals surface area (Å²) < 4.78 is 31.7. The number of benzene rings is 1. The lowest BCUT2D eigenvalue weighted by molar-refractivity contribution is 0.308. The first-order valence-corrected chi connectivity index (χ1v) is 13.5. The number of rotatable bonds is 9. The second-order valence-electron chi connectivity index (χ2n) is 8.91. The highest BCUT2D eigenvalue weighted by molar-refractivity contribution is 7.87. The van der Waals surface area contributed by atoms with Crippen molar-refractivity contribution in [2.45, 2.75) is 45.1 Å². The molecular weight excluding hydrogens is 497 g/mol. The third kappa shape index (κ3) is 6.42. The molecule has 1 aliphatic heterocycles. The largest absolute Gasteiger partial charge is 0.370 e. The van der Waals surface area contributed by atoms with Gasteiger partial charge in [0.1, 0.15) is 0 Å². The molecule has 0 aliphatic carbocycles. The first kappa shape index (κ1) is 26.7. The standard InChI is InChI=1S/C22H33Cl2N7O2S/c1-14(2)18(28-22(25)26)7-10-27-34(32,33)31-11-8-15(9-12-31)20-13-19(29-30(20)3)16-5-4-6-17(23)21(16)24/h4-6,13-15,18,27H,7-12H2,1-3H3,(H4,25,26,28)/t18-/m1/s1. The van der Waals surface area contributed by atoms with E-state index in [1.807, 2.05) is 43.8 Å². The van der Waals surface area contributed by atoms with Crippen molar-refractivity contribution in [3.05, 3.63) is 40.0 Å². The van der Waals surface area contributed by atoms with E-state index in [2.05, 4.69) is 14.8 Å². The molecule has 34 heavy (non-hydrogen) atoms. The molecule has 3 rings (SSSR count). The molecule has 0 saturated carbocycles. The molecule has 0 unspecified atom stereocenters. The third-order valence-electron chi connectivity index (χ3n) is 6.16. The predicted octanol–water partition coefficient (Wildman–Crippen LogP) is 3.10. The van der Waals surface area contributed by atoms with Gasteiger partial charge in [-0.25, -0.2) is 9.71 Å². The Balaban J connectivity index is 1.60. The summed E-state index contributed by atoms with van der Waals surface area (Å²) in [5, 5.41) is 5.57. The van der Waals surface area contributed by atoms with E-state index < -0.39 is 10.2 Å². The highest BCUT2D eigenvalue weighted by atomic mass is 35.5. The number of hydrogen-bond acceptors (Lipinski definition) is 4. The monoisotopic (exact) mass is 529 g/mol. The Labute approximate surface area is 211 Å². The minimum Gasteiger partial charge on any atom is -0.370 e. The number of nitrogens with one attached hydrogen (secondary N) is 1. The Hall–Kier alpha value is -1.85. The summed E-state index contributed by atoms with van der Waals surface area (Å²) in [5.41, 5.74) is 13.6. The molecule has 1 saturated heterocycles. The second-order valence-corrected chi connectivity index (χ2v) is 11.4. The summed E-state index contributed by atoms with van der Waals surface area (Å²) in [7, 11) is -1.69. The molecule has 12 heteroatoms. The maximum absolute atomic E-state index is 12.8. The van der Waals surface area contributed by atoms with E-state index in [9.17, 15) is 8.42 Å². The van der Waals surface area contributed by atoms with Gasteiger partial charge in [0.2, 0.25) is 0 Å².